The number of benzene rings is 1. The molecule has 0 radical (unpaired) electrons. The Labute approximate surface area is 142 Å². The van der Waals surface area contributed by atoms with Crippen molar-refractivity contribution >= 4 is 11.9 Å². The van der Waals surface area contributed by atoms with E-state index in [1.807, 2.05) is 29.2 Å². The lowest BCUT2D eigenvalue weighted by atomic mass is 10.1. The zero-order valence-electron chi connectivity index (χ0n) is 14.1. The number of methoxy groups -OCH3 is 1. The number of esters is 1. The highest BCUT2D eigenvalue weighted by Gasteiger charge is 2.22. The number of hydrogen-bond donors (Lipinski definition) is 1. The summed E-state index contributed by atoms with van der Waals surface area (Å²) in [5.74, 6) is -0.308. The van der Waals surface area contributed by atoms with Gasteiger partial charge in [-0.3, -0.25) is 9.69 Å². The molecule has 1 aliphatic heterocycles. The lowest BCUT2D eigenvalue weighted by Crippen LogP contribution is -2.49. The van der Waals surface area contributed by atoms with Gasteiger partial charge in [0.05, 0.1) is 0 Å². The number of nitrogens with zero attached hydrogens (tertiary/aromatic N) is 2. The van der Waals surface area contributed by atoms with Gasteiger partial charge in [0.15, 0.2) is 0 Å². The molecule has 0 aliphatic carbocycles. The number of carbonyl (C=O) groups excluding carboxylic acids is 2. The van der Waals surface area contributed by atoms with Crippen molar-refractivity contribution in [1.82, 2.24) is 9.80 Å². The Hall–Kier alpha value is -1.96. The molecule has 132 valence electrons. The summed E-state index contributed by atoms with van der Waals surface area (Å²) >= 11 is 0. The molecule has 0 spiro atoms. The van der Waals surface area contributed by atoms with Gasteiger partial charge in [0.2, 0.25) is 0 Å². The number of carbonyl (C=O) groups is 2. The fourth-order valence-electron chi connectivity index (χ4n) is 2.59. The minimum absolute atomic E-state index is 0.0226. The van der Waals surface area contributed by atoms with E-state index in [0.717, 1.165) is 18.7 Å². The summed E-state index contributed by atoms with van der Waals surface area (Å²) < 4.78 is 9.76. The van der Waals surface area contributed by atoms with E-state index in [1.165, 1.54) is 7.11 Å². The second kappa shape index (κ2) is 9.36. The number of hydrogen-bond acceptors (Lipinski definition) is 6. The molecule has 2 rings (SSSR count). The van der Waals surface area contributed by atoms with Crippen molar-refractivity contribution in [3.63, 3.8) is 0 Å². The summed E-state index contributed by atoms with van der Waals surface area (Å²) in [7, 11) is 1.46. The lowest BCUT2D eigenvalue weighted by Gasteiger charge is -2.34. The van der Waals surface area contributed by atoms with Gasteiger partial charge in [-0.2, -0.15) is 0 Å². The van der Waals surface area contributed by atoms with E-state index in [4.69, 9.17) is 15.2 Å². The van der Waals surface area contributed by atoms with Gasteiger partial charge >= 0.3 is 5.97 Å². The summed E-state index contributed by atoms with van der Waals surface area (Å²) in [5, 5.41) is 0. The van der Waals surface area contributed by atoms with Crippen LogP contribution in [0.25, 0.3) is 0 Å². The predicted octanol–water partition coefficient (Wildman–Crippen LogP) is 0.0927. The average molecular weight is 335 g/mol. The monoisotopic (exact) mass is 335 g/mol. The van der Waals surface area contributed by atoms with Crippen LogP contribution in [0.4, 0.5) is 0 Å². The first-order valence-electron chi connectivity index (χ1n) is 8.09. The molecule has 1 fully saturated rings. The van der Waals surface area contributed by atoms with Crippen LogP contribution in [0, 0.1) is 0 Å². The van der Waals surface area contributed by atoms with Gasteiger partial charge in [-0.25, -0.2) is 4.79 Å². The molecule has 1 saturated heterocycles. The zero-order chi connectivity index (χ0) is 17.4. The molecular weight excluding hydrogens is 310 g/mol. The minimum atomic E-state index is -0.354. The van der Waals surface area contributed by atoms with Crippen LogP contribution in [-0.4, -0.2) is 74.7 Å². The van der Waals surface area contributed by atoms with Gasteiger partial charge in [-0.1, -0.05) is 12.1 Å². The van der Waals surface area contributed by atoms with Crippen molar-refractivity contribution in [2.45, 2.75) is 6.54 Å². The maximum Gasteiger partial charge on any atom is 0.332 e. The fourth-order valence-corrected chi connectivity index (χ4v) is 2.59. The van der Waals surface area contributed by atoms with Crippen LogP contribution >= 0.6 is 0 Å². The Balaban J connectivity index is 1.73. The molecule has 24 heavy (non-hydrogen) atoms. The molecule has 1 amide bonds. The Bertz CT molecular complexity index is 539. The molecule has 1 aromatic rings. The second-order valence-corrected chi connectivity index (χ2v) is 5.69. The van der Waals surface area contributed by atoms with E-state index in [9.17, 15) is 9.59 Å². The molecule has 1 heterocycles. The first-order valence-corrected chi connectivity index (χ1v) is 8.09. The third-order valence-electron chi connectivity index (χ3n) is 4.03. The second-order valence-electron chi connectivity index (χ2n) is 5.69. The van der Waals surface area contributed by atoms with Crippen LogP contribution in [0.1, 0.15) is 15.9 Å². The molecule has 0 atom stereocenters. The first kappa shape index (κ1) is 18.4. The normalized spacial score (nSPS) is 15.3. The third-order valence-corrected chi connectivity index (χ3v) is 4.03. The van der Waals surface area contributed by atoms with Crippen LogP contribution < -0.4 is 5.73 Å². The molecule has 1 aromatic carbocycles. The van der Waals surface area contributed by atoms with Crippen LogP contribution in [-0.2, 0) is 20.8 Å². The van der Waals surface area contributed by atoms with Crippen LogP contribution in [0.2, 0.25) is 0 Å². The van der Waals surface area contributed by atoms with Crippen LogP contribution in [0.5, 0.6) is 0 Å². The number of amides is 1. The van der Waals surface area contributed by atoms with Gasteiger partial charge in [-0.15, -0.1) is 0 Å². The van der Waals surface area contributed by atoms with Crippen molar-refractivity contribution in [2.75, 3.05) is 53.0 Å². The fraction of sp³-hybridized carbons (Fsp3) is 0.529. The Kier molecular flexibility index (Phi) is 7.17. The van der Waals surface area contributed by atoms with Crippen LogP contribution in [0.3, 0.4) is 0 Å². The predicted molar refractivity (Wildman–Crippen MR) is 89.5 cm³/mol. The van der Waals surface area contributed by atoms with Gasteiger partial charge in [0.1, 0.15) is 13.2 Å². The molecule has 0 bridgehead atoms. The molecule has 7 nitrogen and oxygen atoms in total. The summed E-state index contributed by atoms with van der Waals surface area (Å²) in [6.07, 6.45) is 0. The number of rotatable bonds is 7. The summed E-state index contributed by atoms with van der Waals surface area (Å²) in [6, 6.07) is 7.42. The van der Waals surface area contributed by atoms with Crippen molar-refractivity contribution in [3.8, 4) is 0 Å². The molecule has 2 N–H and O–H groups in total. The van der Waals surface area contributed by atoms with Gasteiger partial charge in [-0.05, 0) is 17.7 Å². The smallest absolute Gasteiger partial charge is 0.332 e. The highest BCUT2D eigenvalue weighted by molar-refractivity contribution is 5.94. The lowest BCUT2D eigenvalue weighted by molar-refractivity contribution is -0.148. The first-order chi connectivity index (χ1) is 11.6. The number of nitrogens with two attached hydrogens (primary N) is 1. The molecule has 0 aromatic heterocycles. The van der Waals surface area contributed by atoms with E-state index in [-0.39, 0.29) is 18.5 Å². The number of ether oxygens (including phenoxy) is 2. The van der Waals surface area contributed by atoms with Crippen LogP contribution in [0.15, 0.2) is 24.3 Å². The molecule has 0 saturated carbocycles. The highest BCUT2D eigenvalue weighted by Crippen LogP contribution is 2.10. The van der Waals surface area contributed by atoms with Crippen molar-refractivity contribution in [2.24, 2.45) is 5.73 Å². The Morgan fingerprint density at radius 1 is 1.12 bits per heavy atom. The minimum Gasteiger partial charge on any atom is -0.463 e. The SMILES string of the molecule is COCC(=O)OCCN1CCN(C(=O)c2ccc(CN)cc2)CC1. The largest absolute Gasteiger partial charge is 0.463 e. The van der Waals surface area contributed by atoms with E-state index >= 15 is 0 Å². The Morgan fingerprint density at radius 3 is 2.38 bits per heavy atom. The Morgan fingerprint density at radius 2 is 1.79 bits per heavy atom. The molecule has 0 unspecified atom stereocenters. The molecular formula is C17H25N3O4. The third kappa shape index (κ3) is 5.30. The molecule has 7 heteroatoms. The maximum absolute atomic E-state index is 12.5. The van der Waals surface area contributed by atoms with E-state index in [2.05, 4.69) is 4.90 Å². The van der Waals surface area contributed by atoms with Gasteiger partial charge < -0.3 is 20.1 Å². The summed E-state index contributed by atoms with van der Waals surface area (Å²) in [4.78, 5) is 27.7. The molecule has 1 aliphatic rings. The van der Waals surface area contributed by atoms with Crippen molar-refractivity contribution in [3.05, 3.63) is 35.4 Å². The van der Waals surface area contributed by atoms with Gasteiger partial charge in [0.25, 0.3) is 5.91 Å². The average Bonchev–Trinajstić information content (AvgIpc) is 2.62. The number of piperazine rings is 1. The summed E-state index contributed by atoms with van der Waals surface area (Å²) in [6.45, 7) is 4.35. The topological polar surface area (TPSA) is 85.1 Å². The van der Waals surface area contributed by atoms with Gasteiger partial charge in [0, 0.05) is 51.9 Å². The van der Waals surface area contributed by atoms with E-state index in [0.29, 0.717) is 38.3 Å². The zero-order valence-corrected chi connectivity index (χ0v) is 14.1. The quantitative estimate of drug-likeness (QED) is 0.711. The summed E-state index contributed by atoms with van der Waals surface area (Å²) in [5.41, 5.74) is 7.27. The van der Waals surface area contributed by atoms with Crippen molar-refractivity contribution < 1.29 is 19.1 Å². The maximum atomic E-state index is 12.5. The highest BCUT2D eigenvalue weighted by atomic mass is 16.6. The van der Waals surface area contributed by atoms with E-state index in [1.54, 1.807) is 0 Å². The standard InChI is InChI=1S/C17H25N3O4/c1-23-13-16(21)24-11-10-19-6-8-20(9-7-19)17(22)15-4-2-14(12-18)3-5-15/h2-5H,6-13,18H2,1H3. The van der Waals surface area contributed by atoms with Crippen molar-refractivity contribution in [1.29, 1.82) is 0 Å². The van der Waals surface area contributed by atoms with E-state index < -0.39 is 0 Å².